The number of aromatic amines is 1. The molecule has 34 heavy (non-hydrogen) atoms. The predicted molar refractivity (Wildman–Crippen MR) is 136 cm³/mol. The monoisotopic (exact) mass is 460 g/mol. The van der Waals surface area contributed by atoms with Crippen LogP contribution < -0.4 is 10.2 Å². The van der Waals surface area contributed by atoms with E-state index in [4.69, 9.17) is 0 Å². The van der Waals surface area contributed by atoms with Crippen molar-refractivity contribution in [2.24, 2.45) is 0 Å². The molecule has 0 bridgehead atoms. The zero-order chi connectivity index (χ0) is 24.1. The molecule has 1 aromatic carbocycles. The Hall–Kier alpha value is -3.19. The average Bonchev–Trinajstić information content (AvgIpc) is 3.34. The highest BCUT2D eigenvalue weighted by molar-refractivity contribution is 5.87. The van der Waals surface area contributed by atoms with Crippen LogP contribution in [0.5, 0.6) is 0 Å². The number of nitrogens with one attached hydrogen (secondary N) is 2. The fraction of sp³-hybridized carbons (Fsp3) is 0.444. The molecule has 2 aromatic heterocycles. The van der Waals surface area contributed by atoms with Gasteiger partial charge in [-0.05, 0) is 62.2 Å². The first-order valence-corrected chi connectivity index (χ1v) is 12.0. The third kappa shape index (κ3) is 5.83. The van der Waals surface area contributed by atoms with E-state index in [0.29, 0.717) is 6.54 Å². The van der Waals surface area contributed by atoms with E-state index in [0.717, 1.165) is 42.9 Å². The molecule has 1 amide bonds. The van der Waals surface area contributed by atoms with E-state index in [2.05, 4.69) is 82.2 Å². The third-order valence-corrected chi connectivity index (χ3v) is 6.58. The number of benzene rings is 1. The molecule has 1 aliphatic heterocycles. The minimum atomic E-state index is -0.523. The fourth-order valence-electron chi connectivity index (χ4n) is 4.48. The second-order valence-electron chi connectivity index (χ2n) is 10.3. The predicted octanol–water partition coefficient (Wildman–Crippen LogP) is 4.06. The van der Waals surface area contributed by atoms with Crippen LogP contribution in [0, 0.1) is 0 Å². The summed E-state index contributed by atoms with van der Waals surface area (Å²) in [4.78, 5) is 30.1. The first-order chi connectivity index (χ1) is 16.3. The van der Waals surface area contributed by atoms with E-state index in [1.165, 1.54) is 5.56 Å². The van der Waals surface area contributed by atoms with Gasteiger partial charge in [-0.2, -0.15) is 0 Å². The van der Waals surface area contributed by atoms with Crippen LogP contribution in [0.15, 0.2) is 61.3 Å². The van der Waals surface area contributed by atoms with Gasteiger partial charge in [-0.25, -0.2) is 4.98 Å². The summed E-state index contributed by atoms with van der Waals surface area (Å²) in [5.74, 6) is -0.00186. The normalized spacial score (nSPS) is 16.2. The molecule has 2 N–H and O–H groups in total. The van der Waals surface area contributed by atoms with E-state index < -0.39 is 6.04 Å². The lowest BCUT2D eigenvalue weighted by atomic mass is 9.87. The van der Waals surface area contributed by atoms with Crippen molar-refractivity contribution in [3.8, 4) is 0 Å². The first kappa shape index (κ1) is 24.0. The molecular weight excluding hydrogens is 424 g/mol. The zero-order valence-electron chi connectivity index (χ0n) is 20.7. The van der Waals surface area contributed by atoms with E-state index in [9.17, 15) is 4.79 Å². The van der Waals surface area contributed by atoms with Crippen LogP contribution in [0.25, 0.3) is 0 Å². The molecule has 180 valence electrons. The lowest BCUT2D eigenvalue weighted by Crippen LogP contribution is -2.48. The Morgan fingerprint density at radius 3 is 2.53 bits per heavy atom. The van der Waals surface area contributed by atoms with Crippen LogP contribution in [0.2, 0.25) is 0 Å². The Bertz CT molecular complexity index is 1030. The third-order valence-electron chi connectivity index (χ3n) is 6.58. The Balaban J connectivity index is 1.69. The summed E-state index contributed by atoms with van der Waals surface area (Å²) >= 11 is 0. The van der Waals surface area contributed by atoms with Gasteiger partial charge in [0.25, 0.3) is 0 Å². The number of nitrogens with zero attached hydrogens (tertiary/aromatic N) is 4. The summed E-state index contributed by atoms with van der Waals surface area (Å²) in [6.45, 7) is 9.10. The summed E-state index contributed by atoms with van der Waals surface area (Å²) < 4.78 is 0. The number of aromatic nitrogens is 3. The zero-order valence-corrected chi connectivity index (χ0v) is 20.7. The SMILES string of the molecule is CN1CCC(NC(=O)C(c2cccnc2)N(Cc2c[nH]cn2)c2ccc(C(C)(C)C)cc2)CC1. The highest BCUT2D eigenvalue weighted by Crippen LogP contribution is 2.32. The summed E-state index contributed by atoms with van der Waals surface area (Å²) in [7, 11) is 2.13. The number of rotatable bonds is 7. The maximum atomic E-state index is 13.8. The van der Waals surface area contributed by atoms with Gasteiger partial charge in [0.05, 0.1) is 18.6 Å². The molecule has 0 saturated carbocycles. The molecule has 4 rings (SSSR count). The average molecular weight is 461 g/mol. The van der Waals surface area contributed by atoms with Crippen LogP contribution in [0.3, 0.4) is 0 Å². The van der Waals surface area contributed by atoms with Crippen LogP contribution in [0.4, 0.5) is 5.69 Å². The van der Waals surface area contributed by atoms with E-state index in [1.54, 1.807) is 18.7 Å². The van der Waals surface area contributed by atoms with E-state index in [1.807, 2.05) is 18.3 Å². The van der Waals surface area contributed by atoms with Crippen molar-refractivity contribution in [3.05, 3.63) is 78.1 Å². The molecule has 7 heteroatoms. The van der Waals surface area contributed by atoms with Crippen LogP contribution in [-0.2, 0) is 16.8 Å². The Kier molecular flexibility index (Phi) is 7.32. The highest BCUT2D eigenvalue weighted by atomic mass is 16.2. The molecule has 0 aliphatic carbocycles. The van der Waals surface area contributed by atoms with Crippen LogP contribution in [-0.4, -0.2) is 51.9 Å². The van der Waals surface area contributed by atoms with Gasteiger partial charge in [0.15, 0.2) is 0 Å². The molecule has 3 aromatic rings. The summed E-state index contributed by atoms with van der Waals surface area (Å²) in [5.41, 5.74) is 4.03. The standard InChI is InChI=1S/C27H36N6O/c1-27(2,3)21-7-9-24(10-8-21)33(18-23-17-29-19-30-23)25(20-6-5-13-28-16-20)26(34)31-22-11-14-32(4)15-12-22/h5-10,13,16-17,19,22,25H,11-12,14-15,18H2,1-4H3,(H,29,30)(H,31,34). The van der Waals surface area contributed by atoms with Gasteiger partial charge in [-0.3, -0.25) is 9.78 Å². The molecule has 7 nitrogen and oxygen atoms in total. The number of piperidine rings is 1. The number of amides is 1. The van der Waals surface area contributed by atoms with E-state index in [-0.39, 0.29) is 17.4 Å². The van der Waals surface area contributed by atoms with Crippen LogP contribution >= 0.6 is 0 Å². The Morgan fingerprint density at radius 2 is 1.94 bits per heavy atom. The number of anilines is 1. The Labute approximate surface area is 202 Å². The number of likely N-dealkylation sites (tertiary alicyclic amines) is 1. The quantitative estimate of drug-likeness (QED) is 0.556. The van der Waals surface area contributed by atoms with E-state index >= 15 is 0 Å². The molecular formula is C27H36N6O. The summed E-state index contributed by atoms with van der Waals surface area (Å²) in [5, 5.41) is 3.34. The van der Waals surface area contributed by atoms with Gasteiger partial charge in [0.1, 0.15) is 6.04 Å². The summed E-state index contributed by atoms with van der Waals surface area (Å²) in [6.07, 6.45) is 9.01. The number of hydrogen-bond donors (Lipinski definition) is 2. The molecule has 3 heterocycles. The largest absolute Gasteiger partial charge is 0.351 e. The van der Waals surface area contributed by atoms with Crippen molar-refractivity contribution in [1.29, 1.82) is 0 Å². The number of carbonyl (C=O) groups excluding carboxylic acids is 1. The molecule has 1 atom stereocenters. The number of hydrogen-bond acceptors (Lipinski definition) is 5. The van der Waals surface area contributed by atoms with Crippen molar-refractivity contribution < 1.29 is 4.79 Å². The Morgan fingerprint density at radius 1 is 1.21 bits per heavy atom. The molecule has 0 spiro atoms. The number of imidazole rings is 1. The van der Waals surface area contributed by atoms with Crippen molar-refractivity contribution in [1.82, 2.24) is 25.2 Å². The lowest BCUT2D eigenvalue weighted by molar-refractivity contribution is -0.123. The van der Waals surface area contributed by atoms with Gasteiger partial charge >= 0.3 is 0 Å². The van der Waals surface area contributed by atoms with Gasteiger partial charge in [0.2, 0.25) is 5.91 Å². The number of H-pyrrole nitrogens is 1. The maximum Gasteiger partial charge on any atom is 0.247 e. The molecule has 1 fully saturated rings. The minimum absolute atomic E-state index is 0.00186. The number of carbonyl (C=O) groups is 1. The topological polar surface area (TPSA) is 77.2 Å². The smallest absolute Gasteiger partial charge is 0.247 e. The van der Waals surface area contributed by atoms with Crippen LogP contribution in [0.1, 0.15) is 56.5 Å². The second kappa shape index (κ2) is 10.4. The fourth-order valence-corrected chi connectivity index (χ4v) is 4.48. The van der Waals surface area contributed by atoms with Crippen molar-refractivity contribution in [2.75, 3.05) is 25.0 Å². The van der Waals surface area contributed by atoms with Gasteiger partial charge < -0.3 is 20.1 Å². The lowest BCUT2D eigenvalue weighted by Gasteiger charge is -2.35. The molecule has 1 aliphatic rings. The number of pyridine rings is 1. The van der Waals surface area contributed by atoms with Gasteiger partial charge in [0, 0.05) is 35.9 Å². The summed E-state index contributed by atoms with van der Waals surface area (Å²) in [6, 6.07) is 12.1. The van der Waals surface area contributed by atoms with Gasteiger partial charge in [-0.1, -0.05) is 39.0 Å². The first-order valence-electron chi connectivity index (χ1n) is 12.0. The van der Waals surface area contributed by atoms with Crippen molar-refractivity contribution in [2.45, 2.75) is 57.7 Å². The second-order valence-corrected chi connectivity index (χ2v) is 10.3. The molecule has 1 unspecified atom stereocenters. The van der Waals surface area contributed by atoms with Crippen molar-refractivity contribution in [3.63, 3.8) is 0 Å². The van der Waals surface area contributed by atoms with Gasteiger partial charge in [-0.15, -0.1) is 0 Å². The molecule has 0 radical (unpaired) electrons. The molecule has 1 saturated heterocycles. The minimum Gasteiger partial charge on any atom is -0.351 e. The highest BCUT2D eigenvalue weighted by Gasteiger charge is 2.31. The maximum absolute atomic E-state index is 13.8. The van der Waals surface area contributed by atoms with Crippen molar-refractivity contribution >= 4 is 11.6 Å².